The largest absolute Gasteiger partial charge is 0.377 e. The second-order valence-electron chi connectivity index (χ2n) is 5.93. The average Bonchev–Trinajstić information content (AvgIpc) is 2.72. The maximum absolute atomic E-state index is 5.93. The first-order valence-corrected chi connectivity index (χ1v) is 7.45. The molecule has 0 spiro atoms. The normalized spacial score (nSPS) is 36.8. The van der Waals surface area contributed by atoms with Gasteiger partial charge < -0.3 is 10.1 Å². The Labute approximate surface area is 105 Å². The van der Waals surface area contributed by atoms with E-state index in [1.807, 2.05) is 0 Å². The first-order chi connectivity index (χ1) is 8.43. The highest BCUT2D eigenvalue weighted by atomic mass is 16.5. The minimum atomic E-state index is 0.561. The highest BCUT2D eigenvalue weighted by Gasteiger charge is 2.40. The lowest BCUT2D eigenvalue weighted by atomic mass is 9.71. The van der Waals surface area contributed by atoms with Crippen molar-refractivity contribution in [3.8, 4) is 0 Å². The van der Waals surface area contributed by atoms with Crippen LogP contribution in [0, 0.1) is 11.8 Å². The summed E-state index contributed by atoms with van der Waals surface area (Å²) < 4.78 is 5.93. The molecule has 96 valence electrons. The molecule has 2 heteroatoms. The maximum atomic E-state index is 5.93. The van der Waals surface area contributed by atoms with Crippen LogP contribution >= 0.6 is 0 Å². The SMILES string of the molecule is C1=CC2C(C1)CC2NCCOC1CCCCC1. The maximum Gasteiger partial charge on any atom is 0.0594 e. The van der Waals surface area contributed by atoms with Gasteiger partial charge in [0.25, 0.3) is 0 Å². The van der Waals surface area contributed by atoms with Crippen molar-refractivity contribution in [2.45, 2.75) is 57.1 Å². The smallest absolute Gasteiger partial charge is 0.0594 e. The number of rotatable bonds is 5. The van der Waals surface area contributed by atoms with E-state index >= 15 is 0 Å². The zero-order valence-corrected chi connectivity index (χ0v) is 10.7. The van der Waals surface area contributed by atoms with Gasteiger partial charge in [0.1, 0.15) is 0 Å². The topological polar surface area (TPSA) is 21.3 Å². The number of hydrogen-bond donors (Lipinski definition) is 1. The van der Waals surface area contributed by atoms with Crippen LogP contribution in [0.5, 0.6) is 0 Å². The van der Waals surface area contributed by atoms with Gasteiger partial charge in [-0.3, -0.25) is 0 Å². The molecule has 0 aromatic rings. The first-order valence-electron chi connectivity index (χ1n) is 7.45. The van der Waals surface area contributed by atoms with E-state index in [4.69, 9.17) is 4.74 Å². The lowest BCUT2D eigenvalue weighted by molar-refractivity contribution is 0.0256. The van der Waals surface area contributed by atoms with Crippen molar-refractivity contribution in [2.24, 2.45) is 11.8 Å². The third-order valence-electron chi connectivity index (χ3n) is 4.78. The predicted octanol–water partition coefficient (Wildman–Crippen LogP) is 2.89. The zero-order chi connectivity index (χ0) is 11.5. The fraction of sp³-hybridized carbons (Fsp3) is 0.867. The summed E-state index contributed by atoms with van der Waals surface area (Å²) in [5.74, 6) is 1.80. The molecule has 0 aliphatic heterocycles. The molecule has 3 atom stereocenters. The number of ether oxygens (including phenoxy) is 1. The summed E-state index contributed by atoms with van der Waals surface area (Å²) in [6.45, 7) is 1.94. The fourth-order valence-electron chi connectivity index (χ4n) is 3.65. The summed E-state index contributed by atoms with van der Waals surface area (Å²) in [4.78, 5) is 0. The van der Waals surface area contributed by atoms with Crippen LogP contribution in [0.25, 0.3) is 0 Å². The van der Waals surface area contributed by atoms with E-state index in [2.05, 4.69) is 17.5 Å². The Morgan fingerprint density at radius 2 is 2.06 bits per heavy atom. The standard InChI is InChI=1S/C15H25NO/c1-2-6-13(7-3-1)17-10-9-16-15-11-12-5-4-8-14(12)15/h4,8,12-16H,1-3,5-7,9-11H2. The molecule has 0 radical (unpaired) electrons. The van der Waals surface area contributed by atoms with Gasteiger partial charge in [0, 0.05) is 12.6 Å². The van der Waals surface area contributed by atoms with Crippen molar-refractivity contribution in [1.29, 1.82) is 0 Å². The molecule has 0 aromatic carbocycles. The highest BCUT2D eigenvalue weighted by Crippen LogP contribution is 2.42. The Morgan fingerprint density at radius 3 is 2.88 bits per heavy atom. The quantitative estimate of drug-likeness (QED) is 0.584. The van der Waals surface area contributed by atoms with Crippen LogP contribution in [0.2, 0.25) is 0 Å². The summed E-state index contributed by atoms with van der Waals surface area (Å²) in [7, 11) is 0. The summed E-state index contributed by atoms with van der Waals surface area (Å²) >= 11 is 0. The first kappa shape index (κ1) is 11.7. The van der Waals surface area contributed by atoms with Crippen LogP contribution in [0.15, 0.2) is 12.2 Å². The molecule has 0 heterocycles. The third-order valence-corrected chi connectivity index (χ3v) is 4.78. The molecule has 2 fully saturated rings. The molecule has 3 unspecified atom stereocenters. The monoisotopic (exact) mass is 235 g/mol. The lowest BCUT2D eigenvalue weighted by Gasteiger charge is -2.40. The second-order valence-corrected chi connectivity index (χ2v) is 5.93. The Balaban J connectivity index is 1.27. The minimum Gasteiger partial charge on any atom is -0.377 e. The van der Waals surface area contributed by atoms with Gasteiger partial charge in [0.2, 0.25) is 0 Å². The van der Waals surface area contributed by atoms with Crippen LogP contribution in [0.3, 0.4) is 0 Å². The summed E-state index contributed by atoms with van der Waals surface area (Å²) in [5, 5.41) is 3.65. The Hall–Kier alpha value is -0.340. The lowest BCUT2D eigenvalue weighted by Crippen LogP contribution is -2.49. The van der Waals surface area contributed by atoms with Gasteiger partial charge in [0.15, 0.2) is 0 Å². The van der Waals surface area contributed by atoms with Gasteiger partial charge in [-0.05, 0) is 37.5 Å². The summed E-state index contributed by atoms with van der Waals surface area (Å²) in [5.41, 5.74) is 0. The molecule has 0 aromatic heterocycles. The van der Waals surface area contributed by atoms with Gasteiger partial charge >= 0.3 is 0 Å². The van der Waals surface area contributed by atoms with E-state index in [-0.39, 0.29) is 0 Å². The summed E-state index contributed by atoms with van der Waals surface area (Å²) in [6.07, 6.45) is 14.8. The van der Waals surface area contributed by atoms with Crippen molar-refractivity contribution in [3.63, 3.8) is 0 Å². The number of nitrogens with one attached hydrogen (secondary N) is 1. The van der Waals surface area contributed by atoms with Crippen LogP contribution in [0.1, 0.15) is 44.9 Å². The molecule has 0 amide bonds. The van der Waals surface area contributed by atoms with E-state index in [1.165, 1.54) is 44.9 Å². The molecule has 0 saturated heterocycles. The fourth-order valence-corrected chi connectivity index (χ4v) is 3.65. The Morgan fingerprint density at radius 1 is 1.18 bits per heavy atom. The molecular weight excluding hydrogens is 210 g/mol. The molecule has 3 aliphatic rings. The van der Waals surface area contributed by atoms with Crippen LogP contribution in [0.4, 0.5) is 0 Å². The molecule has 2 nitrogen and oxygen atoms in total. The van der Waals surface area contributed by atoms with E-state index in [1.54, 1.807) is 0 Å². The second kappa shape index (κ2) is 5.53. The molecule has 1 N–H and O–H groups in total. The average molecular weight is 235 g/mol. The van der Waals surface area contributed by atoms with E-state index < -0.39 is 0 Å². The van der Waals surface area contributed by atoms with Gasteiger partial charge in [-0.2, -0.15) is 0 Å². The van der Waals surface area contributed by atoms with Crippen LogP contribution < -0.4 is 5.32 Å². The molecule has 0 bridgehead atoms. The molecule has 3 aliphatic carbocycles. The van der Waals surface area contributed by atoms with Gasteiger partial charge in [-0.1, -0.05) is 31.4 Å². The third kappa shape index (κ3) is 2.74. The molecule has 3 rings (SSSR count). The van der Waals surface area contributed by atoms with E-state index in [9.17, 15) is 0 Å². The molecule has 2 saturated carbocycles. The number of hydrogen-bond acceptors (Lipinski definition) is 2. The van der Waals surface area contributed by atoms with Crippen LogP contribution in [-0.2, 0) is 4.74 Å². The Kier molecular flexibility index (Phi) is 3.82. The molecular formula is C15H25NO. The van der Waals surface area contributed by atoms with Gasteiger partial charge in [-0.25, -0.2) is 0 Å². The van der Waals surface area contributed by atoms with Crippen molar-refractivity contribution >= 4 is 0 Å². The van der Waals surface area contributed by atoms with Gasteiger partial charge in [-0.15, -0.1) is 0 Å². The van der Waals surface area contributed by atoms with Crippen LogP contribution in [-0.4, -0.2) is 25.3 Å². The highest BCUT2D eigenvalue weighted by molar-refractivity contribution is 5.12. The van der Waals surface area contributed by atoms with Crippen molar-refractivity contribution < 1.29 is 4.74 Å². The Bertz CT molecular complexity index is 270. The summed E-state index contributed by atoms with van der Waals surface area (Å²) in [6, 6.07) is 0.744. The van der Waals surface area contributed by atoms with E-state index in [0.29, 0.717) is 6.10 Å². The van der Waals surface area contributed by atoms with Gasteiger partial charge in [0.05, 0.1) is 12.7 Å². The van der Waals surface area contributed by atoms with E-state index in [0.717, 1.165) is 31.0 Å². The minimum absolute atomic E-state index is 0.561. The predicted molar refractivity (Wildman–Crippen MR) is 70.0 cm³/mol. The number of fused-ring (bicyclic) bond motifs is 1. The zero-order valence-electron chi connectivity index (χ0n) is 10.7. The van der Waals surface area contributed by atoms with Crippen molar-refractivity contribution in [3.05, 3.63) is 12.2 Å². The molecule has 17 heavy (non-hydrogen) atoms. The number of allylic oxidation sites excluding steroid dienone is 1. The van der Waals surface area contributed by atoms with Crippen molar-refractivity contribution in [2.75, 3.05) is 13.2 Å². The van der Waals surface area contributed by atoms with Crippen molar-refractivity contribution in [1.82, 2.24) is 5.32 Å².